The number of carbonyl (C=O) groups excluding carboxylic acids is 1. The Morgan fingerprint density at radius 3 is 2.46 bits per heavy atom. The van der Waals surface area contributed by atoms with E-state index in [9.17, 15) is 9.90 Å². The van der Waals surface area contributed by atoms with E-state index >= 15 is 0 Å². The van der Waals surface area contributed by atoms with Crippen LogP contribution in [0.25, 0.3) is 16.9 Å². The van der Waals surface area contributed by atoms with E-state index in [1.807, 2.05) is 60.8 Å². The van der Waals surface area contributed by atoms with Crippen LogP contribution in [-0.2, 0) is 11.2 Å². The molecule has 0 radical (unpaired) electrons. The van der Waals surface area contributed by atoms with Gasteiger partial charge in [-0.1, -0.05) is 35.9 Å². The van der Waals surface area contributed by atoms with Gasteiger partial charge >= 0.3 is 0 Å². The summed E-state index contributed by atoms with van der Waals surface area (Å²) in [5, 5.41) is 9.19. The van der Waals surface area contributed by atoms with E-state index in [0.717, 1.165) is 28.2 Å². The lowest BCUT2D eigenvalue weighted by Crippen LogP contribution is -2.29. The minimum Gasteiger partial charge on any atom is -0.376 e. The third kappa shape index (κ3) is 3.03. The van der Waals surface area contributed by atoms with Crippen LogP contribution in [0.1, 0.15) is 16.8 Å². The van der Waals surface area contributed by atoms with Gasteiger partial charge < -0.3 is 14.4 Å². The fraction of sp³-hybridized carbons (Fsp3) is 0.263. The van der Waals surface area contributed by atoms with Gasteiger partial charge in [-0.2, -0.15) is 0 Å². The molecule has 1 aromatic carbocycles. The van der Waals surface area contributed by atoms with E-state index in [2.05, 4.69) is 0 Å². The molecule has 24 heavy (non-hydrogen) atoms. The molecule has 3 rings (SSSR count). The van der Waals surface area contributed by atoms with Crippen LogP contribution in [-0.4, -0.2) is 39.1 Å². The zero-order valence-electron chi connectivity index (χ0n) is 14.2. The zero-order chi connectivity index (χ0) is 17.3. The van der Waals surface area contributed by atoms with E-state index in [1.165, 1.54) is 10.5 Å². The summed E-state index contributed by atoms with van der Waals surface area (Å²) < 4.78 is 1.97. The number of fused-ring (bicyclic) bond motifs is 1. The second-order valence-electron chi connectivity index (χ2n) is 6.12. The maximum Gasteiger partial charge on any atom is 0.230 e. The fourth-order valence-corrected chi connectivity index (χ4v) is 2.67. The van der Waals surface area contributed by atoms with Crippen LogP contribution >= 0.6 is 0 Å². The number of carbonyl (C=O) groups is 1. The summed E-state index contributed by atoms with van der Waals surface area (Å²) in [7, 11) is 1.59. The second-order valence-corrected chi connectivity index (χ2v) is 6.12. The van der Waals surface area contributed by atoms with E-state index in [1.54, 1.807) is 7.05 Å². The van der Waals surface area contributed by atoms with Crippen molar-refractivity contribution in [1.82, 2.24) is 14.3 Å². The van der Waals surface area contributed by atoms with Gasteiger partial charge in [-0.05, 0) is 25.5 Å². The fourth-order valence-electron chi connectivity index (χ4n) is 2.67. The van der Waals surface area contributed by atoms with Crippen molar-refractivity contribution >= 4 is 11.6 Å². The number of rotatable bonds is 4. The number of likely N-dealkylation sites (N-methyl/N-ethyl adjacent to an activating group) is 1. The monoisotopic (exact) mass is 323 g/mol. The summed E-state index contributed by atoms with van der Waals surface area (Å²) in [5.41, 5.74) is 5.71. The highest BCUT2D eigenvalue weighted by atomic mass is 16.3. The Morgan fingerprint density at radius 1 is 1.12 bits per heavy atom. The number of amides is 1. The van der Waals surface area contributed by atoms with Crippen molar-refractivity contribution in [3.05, 3.63) is 59.4 Å². The number of aryl methyl sites for hydroxylation is 2. The maximum absolute atomic E-state index is 12.3. The van der Waals surface area contributed by atoms with E-state index in [0.29, 0.717) is 0 Å². The molecule has 3 aromatic rings. The number of imidazole rings is 1. The normalized spacial score (nSPS) is 11.0. The summed E-state index contributed by atoms with van der Waals surface area (Å²) in [5.74, 6) is -0.144. The third-order valence-electron chi connectivity index (χ3n) is 4.15. The Labute approximate surface area is 141 Å². The van der Waals surface area contributed by atoms with Gasteiger partial charge in [-0.25, -0.2) is 4.98 Å². The van der Waals surface area contributed by atoms with Crippen molar-refractivity contribution in [2.75, 3.05) is 13.8 Å². The van der Waals surface area contributed by atoms with Gasteiger partial charge in [0.2, 0.25) is 5.91 Å². The van der Waals surface area contributed by atoms with E-state index < -0.39 is 0 Å². The molecule has 124 valence electrons. The first-order valence-corrected chi connectivity index (χ1v) is 7.89. The first-order chi connectivity index (χ1) is 11.5. The van der Waals surface area contributed by atoms with Gasteiger partial charge in [0, 0.05) is 18.8 Å². The van der Waals surface area contributed by atoms with E-state index in [-0.39, 0.29) is 19.1 Å². The van der Waals surface area contributed by atoms with Crippen LogP contribution < -0.4 is 0 Å². The summed E-state index contributed by atoms with van der Waals surface area (Å²) in [4.78, 5) is 18.4. The average molecular weight is 323 g/mol. The SMILES string of the molecule is Cc1ccc(-c2nc3ccc(C)cn3c2CC(=O)N(C)CO)cc1. The van der Waals surface area contributed by atoms with Crippen molar-refractivity contribution in [1.29, 1.82) is 0 Å². The summed E-state index contributed by atoms with van der Waals surface area (Å²) in [6.45, 7) is 3.75. The molecule has 0 aliphatic rings. The minimum atomic E-state index is -0.297. The molecule has 0 saturated heterocycles. The summed E-state index contributed by atoms with van der Waals surface area (Å²) >= 11 is 0. The van der Waals surface area contributed by atoms with Crippen LogP contribution in [0.15, 0.2) is 42.6 Å². The minimum absolute atomic E-state index is 0.144. The lowest BCUT2D eigenvalue weighted by Gasteiger charge is -2.14. The largest absolute Gasteiger partial charge is 0.376 e. The van der Waals surface area contributed by atoms with Crippen molar-refractivity contribution in [3.63, 3.8) is 0 Å². The Hall–Kier alpha value is -2.66. The Morgan fingerprint density at radius 2 is 1.79 bits per heavy atom. The Bertz CT molecular complexity index is 882. The molecule has 0 fully saturated rings. The predicted octanol–water partition coefficient (Wildman–Crippen LogP) is 2.57. The third-order valence-corrected chi connectivity index (χ3v) is 4.15. The molecule has 1 N–H and O–H groups in total. The Balaban J connectivity index is 2.15. The lowest BCUT2D eigenvalue weighted by atomic mass is 10.1. The maximum atomic E-state index is 12.3. The van der Waals surface area contributed by atoms with Crippen LogP contribution in [0.3, 0.4) is 0 Å². The predicted molar refractivity (Wildman–Crippen MR) is 93.7 cm³/mol. The number of aromatic nitrogens is 2. The van der Waals surface area contributed by atoms with Gasteiger partial charge in [-0.15, -0.1) is 0 Å². The van der Waals surface area contributed by atoms with Gasteiger partial charge in [0.25, 0.3) is 0 Å². The molecule has 0 bridgehead atoms. The molecule has 0 aliphatic heterocycles. The molecule has 0 spiro atoms. The summed E-state index contributed by atoms with van der Waals surface area (Å²) in [6, 6.07) is 12.1. The van der Waals surface area contributed by atoms with Crippen molar-refractivity contribution in [3.8, 4) is 11.3 Å². The molecule has 0 aliphatic carbocycles. The van der Waals surface area contributed by atoms with E-state index in [4.69, 9.17) is 4.98 Å². The van der Waals surface area contributed by atoms with Crippen LogP contribution in [0.5, 0.6) is 0 Å². The van der Waals surface area contributed by atoms with Crippen molar-refractivity contribution in [2.45, 2.75) is 20.3 Å². The number of aliphatic hydroxyl groups is 1. The average Bonchev–Trinajstić information content (AvgIpc) is 2.92. The molecule has 2 aromatic heterocycles. The first kappa shape index (κ1) is 16.2. The molecule has 0 saturated carbocycles. The number of aliphatic hydroxyl groups excluding tert-OH is 1. The number of pyridine rings is 1. The van der Waals surface area contributed by atoms with Gasteiger partial charge in [0.1, 0.15) is 12.4 Å². The molecular weight excluding hydrogens is 302 g/mol. The molecule has 5 heteroatoms. The van der Waals surface area contributed by atoms with Crippen molar-refractivity contribution in [2.24, 2.45) is 0 Å². The van der Waals surface area contributed by atoms with Crippen LogP contribution in [0, 0.1) is 13.8 Å². The van der Waals surface area contributed by atoms with Gasteiger partial charge in [0.05, 0.1) is 17.8 Å². The topological polar surface area (TPSA) is 57.8 Å². The van der Waals surface area contributed by atoms with Crippen LogP contribution in [0.4, 0.5) is 0 Å². The highest BCUT2D eigenvalue weighted by Gasteiger charge is 2.18. The number of hydrogen-bond acceptors (Lipinski definition) is 3. The van der Waals surface area contributed by atoms with Crippen LogP contribution in [0.2, 0.25) is 0 Å². The standard InChI is InChI=1S/C19H21N3O2/c1-13-4-7-15(8-5-13)19-16(10-18(24)21(3)12-23)22-11-14(2)6-9-17(22)20-19/h4-9,11,23H,10,12H2,1-3H3. The molecule has 0 unspecified atom stereocenters. The quantitative estimate of drug-likeness (QED) is 0.751. The molecule has 5 nitrogen and oxygen atoms in total. The molecule has 0 atom stereocenters. The first-order valence-electron chi connectivity index (χ1n) is 7.89. The van der Waals surface area contributed by atoms with Gasteiger partial charge in [-0.3, -0.25) is 4.79 Å². The summed E-state index contributed by atoms with van der Waals surface area (Å²) in [6.07, 6.45) is 2.17. The highest BCUT2D eigenvalue weighted by molar-refractivity contribution is 5.81. The van der Waals surface area contributed by atoms with Gasteiger partial charge in [0.15, 0.2) is 0 Å². The van der Waals surface area contributed by atoms with Crippen molar-refractivity contribution < 1.29 is 9.90 Å². The molecular formula is C19H21N3O2. The highest BCUT2D eigenvalue weighted by Crippen LogP contribution is 2.26. The number of benzene rings is 1. The molecule has 2 heterocycles. The lowest BCUT2D eigenvalue weighted by molar-refractivity contribution is -0.132. The number of hydrogen-bond donors (Lipinski definition) is 1. The number of nitrogens with zero attached hydrogens (tertiary/aromatic N) is 3. The Kier molecular flexibility index (Phi) is 4.36. The smallest absolute Gasteiger partial charge is 0.230 e. The molecule has 1 amide bonds. The second kappa shape index (κ2) is 6.45. The zero-order valence-corrected chi connectivity index (χ0v) is 14.2.